The van der Waals surface area contributed by atoms with Crippen LogP contribution in [0.25, 0.3) is 0 Å². The highest BCUT2D eigenvalue weighted by Crippen LogP contribution is 2.24. The third-order valence-corrected chi connectivity index (χ3v) is 6.66. The molecule has 2 unspecified atom stereocenters. The number of anilines is 2. The van der Waals surface area contributed by atoms with Crippen LogP contribution in [0.3, 0.4) is 0 Å². The van der Waals surface area contributed by atoms with Crippen molar-refractivity contribution in [2.24, 2.45) is 0 Å². The molecular formula is C18H19Cl2N3O4S2. The number of nitrogens with one attached hydrogen (secondary N) is 2. The third kappa shape index (κ3) is 6.08. The van der Waals surface area contributed by atoms with Crippen molar-refractivity contribution in [3.63, 3.8) is 0 Å². The van der Waals surface area contributed by atoms with E-state index >= 15 is 0 Å². The fraction of sp³-hybridized carbons (Fsp3) is 0.333. The Kier molecular flexibility index (Phi) is 7.77. The quantitative estimate of drug-likeness (QED) is 0.538. The van der Waals surface area contributed by atoms with Crippen molar-refractivity contribution in [2.75, 3.05) is 34.3 Å². The van der Waals surface area contributed by atoms with Crippen LogP contribution in [0.1, 0.15) is 16.1 Å². The number of rotatable bonds is 9. The molecule has 29 heavy (non-hydrogen) atoms. The van der Waals surface area contributed by atoms with Crippen molar-refractivity contribution in [1.82, 2.24) is 5.32 Å². The summed E-state index contributed by atoms with van der Waals surface area (Å²) in [6, 6.07) is 10.3. The topological polar surface area (TPSA) is 87.7 Å². The zero-order valence-electron chi connectivity index (χ0n) is 15.2. The number of nitrogens with zero attached hydrogens (tertiary/aromatic N) is 1. The average Bonchev–Trinajstić information content (AvgIpc) is 3.31. The SMILES string of the molecule is O=C(NCC1CN(c2ccc(NS(=O)CCCCl)cc2)C(=O)O1)c1ccc(Cl)s1. The number of cyclic esters (lactones) is 1. The molecule has 2 atom stereocenters. The molecule has 3 rings (SSSR count). The van der Waals surface area contributed by atoms with Crippen LogP contribution in [0.5, 0.6) is 0 Å². The molecule has 0 spiro atoms. The maximum atomic E-state index is 12.2. The summed E-state index contributed by atoms with van der Waals surface area (Å²) in [6.07, 6.45) is -0.270. The molecule has 2 N–H and O–H groups in total. The summed E-state index contributed by atoms with van der Waals surface area (Å²) in [5.74, 6) is 0.676. The van der Waals surface area contributed by atoms with Gasteiger partial charge < -0.3 is 14.8 Å². The Hall–Kier alpha value is -1.81. The maximum Gasteiger partial charge on any atom is 0.414 e. The number of benzene rings is 1. The lowest BCUT2D eigenvalue weighted by molar-refractivity contribution is 0.0920. The number of carbonyl (C=O) groups excluding carboxylic acids is 2. The van der Waals surface area contributed by atoms with Crippen molar-refractivity contribution in [2.45, 2.75) is 12.5 Å². The molecule has 11 heteroatoms. The average molecular weight is 476 g/mol. The number of hydrogen-bond acceptors (Lipinski definition) is 5. The lowest BCUT2D eigenvalue weighted by atomic mass is 10.2. The van der Waals surface area contributed by atoms with Gasteiger partial charge in [-0.05, 0) is 42.8 Å². The van der Waals surface area contributed by atoms with E-state index in [9.17, 15) is 13.8 Å². The van der Waals surface area contributed by atoms with E-state index in [2.05, 4.69) is 10.0 Å². The van der Waals surface area contributed by atoms with Crippen LogP contribution in [0.15, 0.2) is 36.4 Å². The largest absolute Gasteiger partial charge is 0.442 e. The molecule has 0 saturated carbocycles. The molecule has 1 saturated heterocycles. The minimum Gasteiger partial charge on any atom is -0.442 e. The maximum absolute atomic E-state index is 12.2. The zero-order valence-corrected chi connectivity index (χ0v) is 18.4. The highest BCUT2D eigenvalue weighted by molar-refractivity contribution is 7.86. The van der Waals surface area contributed by atoms with E-state index in [-0.39, 0.29) is 12.5 Å². The number of hydrogen-bond donors (Lipinski definition) is 2. The van der Waals surface area contributed by atoms with E-state index in [1.807, 2.05) is 0 Å². The van der Waals surface area contributed by atoms with Gasteiger partial charge in [-0.3, -0.25) is 9.69 Å². The van der Waals surface area contributed by atoms with Gasteiger partial charge >= 0.3 is 6.09 Å². The predicted molar refractivity (Wildman–Crippen MR) is 118 cm³/mol. The van der Waals surface area contributed by atoms with Crippen molar-refractivity contribution < 1.29 is 18.5 Å². The zero-order chi connectivity index (χ0) is 20.8. The Morgan fingerprint density at radius 3 is 2.69 bits per heavy atom. The lowest BCUT2D eigenvalue weighted by Crippen LogP contribution is -2.34. The molecular weight excluding hydrogens is 457 g/mol. The molecule has 1 aliphatic heterocycles. The van der Waals surface area contributed by atoms with Crippen molar-refractivity contribution in [3.05, 3.63) is 45.6 Å². The predicted octanol–water partition coefficient (Wildman–Crippen LogP) is 3.86. The summed E-state index contributed by atoms with van der Waals surface area (Å²) in [4.78, 5) is 26.3. The van der Waals surface area contributed by atoms with Gasteiger partial charge in [0.2, 0.25) is 0 Å². The molecule has 1 aromatic heterocycles. The number of halogens is 2. The molecule has 2 aromatic rings. The molecule has 2 heterocycles. The van der Waals surface area contributed by atoms with Gasteiger partial charge in [0.15, 0.2) is 0 Å². The summed E-state index contributed by atoms with van der Waals surface area (Å²) in [6.45, 7) is 0.522. The Labute approximate surface area is 184 Å². The Morgan fingerprint density at radius 1 is 1.28 bits per heavy atom. The minimum absolute atomic E-state index is 0.204. The molecule has 156 valence electrons. The van der Waals surface area contributed by atoms with Crippen molar-refractivity contribution in [1.29, 1.82) is 0 Å². The molecule has 2 amide bonds. The van der Waals surface area contributed by atoms with Gasteiger partial charge in [-0.15, -0.1) is 22.9 Å². The lowest BCUT2D eigenvalue weighted by Gasteiger charge is -2.14. The number of alkyl halides is 1. The number of carbonyl (C=O) groups is 2. The molecule has 0 bridgehead atoms. The highest BCUT2D eigenvalue weighted by Gasteiger charge is 2.32. The second-order valence-electron chi connectivity index (χ2n) is 6.17. The number of amides is 2. The van der Waals surface area contributed by atoms with Gasteiger partial charge in [0.1, 0.15) is 17.1 Å². The van der Waals surface area contributed by atoms with Gasteiger partial charge in [0, 0.05) is 23.0 Å². The highest BCUT2D eigenvalue weighted by atomic mass is 35.5. The smallest absolute Gasteiger partial charge is 0.414 e. The minimum atomic E-state index is -1.20. The van der Waals surface area contributed by atoms with Gasteiger partial charge in [0.05, 0.1) is 22.3 Å². The second kappa shape index (κ2) is 10.3. The Bertz CT molecular complexity index is 891. The van der Waals surface area contributed by atoms with Gasteiger partial charge in [-0.1, -0.05) is 11.6 Å². The molecule has 1 aromatic carbocycles. The van der Waals surface area contributed by atoms with E-state index < -0.39 is 23.2 Å². The normalized spacial score (nSPS) is 17.1. The van der Waals surface area contributed by atoms with Crippen molar-refractivity contribution >= 4 is 68.9 Å². The monoisotopic (exact) mass is 475 g/mol. The Balaban J connectivity index is 1.52. The molecule has 0 radical (unpaired) electrons. The summed E-state index contributed by atoms with van der Waals surface area (Å²) in [7, 11) is -1.20. The first-order valence-electron chi connectivity index (χ1n) is 8.79. The molecule has 1 fully saturated rings. The van der Waals surface area contributed by atoms with E-state index in [0.717, 1.165) is 0 Å². The molecule has 0 aliphatic carbocycles. The number of ether oxygens (including phenoxy) is 1. The first-order valence-corrected chi connectivity index (χ1v) is 11.8. The van der Waals surface area contributed by atoms with Crippen LogP contribution in [0, 0.1) is 0 Å². The third-order valence-electron chi connectivity index (χ3n) is 4.04. The summed E-state index contributed by atoms with van der Waals surface area (Å²) in [5.41, 5.74) is 1.35. The van der Waals surface area contributed by atoms with Crippen LogP contribution in [0.2, 0.25) is 4.34 Å². The molecule has 7 nitrogen and oxygen atoms in total. The van der Waals surface area contributed by atoms with Crippen molar-refractivity contribution in [3.8, 4) is 0 Å². The van der Waals surface area contributed by atoms with Crippen LogP contribution < -0.4 is 14.9 Å². The summed E-state index contributed by atoms with van der Waals surface area (Å²) >= 11 is 12.6. The van der Waals surface area contributed by atoms with E-state index in [1.54, 1.807) is 36.4 Å². The first-order chi connectivity index (χ1) is 14.0. The fourth-order valence-corrected chi connectivity index (χ4v) is 4.81. The van der Waals surface area contributed by atoms with Gasteiger partial charge in [-0.25, -0.2) is 9.00 Å². The first kappa shape index (κ1) is 21.9. The second-order valence-corrected chi connectivity index (χ2v) is 9.57. The van der Waals surface area contributed by atoms with Crippen LogP contribution in [-0.4, -0.2) is 47.0 Å². The van der Waals surface area contributed by atoms with Gasteiger partial charge in [-0.2, -0.15) is 0 Å². The van der Waals surface area contributed by atoms with Crippen LogP contribution in [-0.2, 0) is 15.7 Å². The van der Waals surface area contributed by atoms with Crippen LogP contribution >= 0.6 is 34.5 Å². The summed E-state index contributed by atoms with van der Waals surface area (Å²) < 4.78 is 20.6. The van der Waals surface area contributed by atoms with E-state index in [1.165, 1.54) is 16.2 Å². The summed E-state index contributed by atoms with van der Waals surface area (Å²) in [5, 5.41) is 2.75. The fourth-order valence-electron chi connectivity index (χ4n) is 2.65. The number of thiophene rings is 1. The Morgan fingerprint density at radius 2 is 2.03 bits per heavy atom. The standard InChI is InChI=1S/C18H19Cl2N3O4S2/c19-8-1-9-29(26)22-12-2-4-13(5-3-12)23-11-14(27-18(23)25)10-21-17(24)15-6-7-16(20)28-15/h2-7,14,22H,1,8-11H2,(H,21,24). The molecule has 1 aliphatic rings. The van der Waals surface area contributed by atoms with E-state index in [4.69, 9.17) is 27.9 Å². The van der Waals surface area contributed by atoms with Gasteiger partial charge in [0.25, 0.3) is 5.91 Å². The van der Waals surface area contributed by atoms with Crippen LogP contribution in [0.4, 0.5) is 16.2 Å². The van der Waals surface area contributed by atoms with E-state index in [0.29, 0.717) is 45.2 Å².